The number of amides is 1. The first-order valence-electron chi connectivity index (χ1n) is 6.96. The molecule has 0 bridgehead atoms. The van der Waals surface area contributed by atoms with Gasteiger partial charge in [0, 0.05) is 31.7 Å². The van der Waals surface area contributed by atoms with E-state index in [4.69, 9.17) is 5.73 Å². The van der Waals surface area contributed by atoms with Crippen molar-refractivity contribution >= 4 is 11.6 Å². The molecule has 1 rings (SSSR count). The van der Waals surface area contributed by atoms with Crippen LogP contribution in [0.25, 0.3) is 0 Å². The second kappa shape index (κ2) is 8.68. The highest BCUT2D eigenvalue weighted by Gasteiger charge is 2.06. The molecular formula is C15H25N3O2. The minimum absolute atomic E-state index is 0.0110. The fourth-order valence-electron chi connectivity index (χ4n) is 1.81. The molecule has 1 atom stereocenters. The van der Waals surface area contributed by atoms with Crippen molar-refractivity contribution in [3.63, 3.8) is 0 Å². The molecule has 0 radical (unpaired) electrons. The fraction of sp³-hybridized carbons (Fsp3) is 0.533. The Kier molecular flexibility index (Phi) is 7.22. The van der Waals surface area contributed by atoms with Crippen molar-refractivity contribution in [3.8, 4) is 0 Å². The van der Waals surface area contributed by atoms with Crippen LogP contribution in [0.2, 0.25) is 0 Å². The Morgan fingerprint density at radius 1 is 1.45 bits per heavy atom. The Morgan fingerprint density at radius 3 is 2.85 bits per heavy atom. The smallest absolute Gasteiger partial charge is 0.225 e. The van der Waals surface area contributed by atoms with Crippen molar-refractivity contribution in [1.82, 2.24) is 4.90 Å². The minimum Gasteiger partial charge on any atom is -0.393 e. The van der Waals surface area contributed by atoms with Gasteiger partial charge in [-0.2, -0.15) is 0 Å². The Bertz CT molecular complexity index is 421. The number of carbonyl (C=O) groups excluding carboxylic acids is 1. The molecule has 0 aromatic heterocycles. The van der Waals surface area contributed by atoms with Gasteiger partial charge in [-0.25, -0.2) is 0 Å². The predicted octanol–water partition coefficient (Wildman–Crippen LogP) is 1.18. The van der Waals surface area contributed by atoms with Gasteiger partial charge < -0.3 is 21.1 Å². The first-order chi connectivity index (χ1) is 9.51. The van der Waals surface area contributed by atoms with Crippen LogP contribution in [0.4, 0.5) is 5.69 Å². The number of nitrogens with one attached hydrogen (secondary N) is 1. The number of nitrogens with zero attached hydrogens (tertiary/aromatic N) is 1. The molecule has 0 fully saturated rings. The summed E-state index contributed by atoms with van der Waals surface area (Å²) in [4.78, 5) is 13.9. The average Bonchev–Trinajstić information content (AvgIpc) is 2.43. The molecule has 5 heteroatoms. The zero-order chi connectivity index (χ0) is 15.0. The van der Waals surface area contributed by atoms with E-state index in [1.807, 2.05) is 36.2 Å². The van der Waals surface area contributed by atoms with Gasteiger partial charge in [0.05, 0.1) is 6.10 Å². The van der Waals surface area contributed by atoms with E-state index in [1.165, 1.54) is 0 Å². The van der Waals surface area contributed by atoms with Crippen LogP contribution >= 0.6 is 0 Å². The van der Waals surface area contributed by atoms with Crippen LogP contribution in [0.3, 0.4) is 0 Å². The van der Waals surface area contributed by atoms with Gasteiger partial charge in [0.2, 0.25) is 5.91 Å². The summed E-state index contributed by atoms with van der Waals surface area (Å²) in [6, 6.07) is 7.55. The summed E-state index contributed by atoms with van der Waals surface area (Å²) in [7, 11) is 1.95. The van der Waals surface area contributed by atoms with Crippen molar-refractivity contribution in [2.24, 2.45) is 5.73 Å². The van der Waals surface area contributed by atoms with Crippen molar-refractivity contribution in [2.75, 3.05) is 25.5 Å². The number of benzene rings is 1. The molecule has 1 unspecified atom stereocenters. The minimum atomic E-state index is -0.301. The van der Waals surface area contributed by atoms with E-state index in [9.17, 15) is 9.90 Å². The maximum atomic E-state index is 11.8. The fourth-order valence-corrected chi connectivity index (χ4v) is 1.81. The zero-order valence-corrected chi connectivity index (χ0v) is 12.3. The molecule has 4 N–H and O–H groups in total. The Balaban J connectivity index is 2.32. The molecular weight excluding hydrogens is 254 g/mol. The SMILES string of the molecule is CC(O)CCN(C)CCC(=O)Nc1cccc(CN)c1. The lowest BCUT2D eigenvalue weighted by Gasteiger charge is -2.17. The molecule has 20 heavy (non-hydrogen) atoms. The molecule has 0 aliphatic rings. The van der Waals surface area contributed by atoms with E-state index < -0.39 is 0 Å². The molecule has 112 valence electrons. The quantitative estimate of drug-likeness (QED) is 0.667. The van der Waals surface area contributed by atoms with Gasteiger partial charge in [-0.15, -0.1) is 0 Å². The van der Waals surface area contributed by atoms with Gasteiger partial charge in [0.1, 0.15) is 0 Å². The molecule has 1 aromatic rings. The molecule has 5 nitrogen and oxygen atoms in total. The monoisotopic (exact) mass is 279 g/mol. The van der Waals surface area contributed by atoms with Gasteiger partial charge in [0.25, 0.3) is 0 Å². The highest BCUT2D eigenvalue weighted by Crippen LogP contribution is 2.10. The molecule has 0 spiro atoms. The Morgan fingerprint density at radius 2 is 2.20 bits per heavy atom. The maximum absolute atomic E-state index is 11.8. The number of aliphatic hydroxyl groups is 1. The van der Waals surface area contributed by atoms with E-state index in [1.54, 1.807) is 6.92 Å². The molecule has 0 heterocycles. The van der Waals surface area contributed by atoms with Gasteiger partial charge in [-0.1, -0.05) is 12.1 Å². The lowest BCUT2D eigenvalue weighted by molar-refractivity contribution is -0.116. The number of nitrogens with two attached hydrogens (primary N) is 1. The molecule has 1 aromatic carbocycles. The van der Waals surface area contributed by atoms with Crippen LogP contribution in [0, 0.1) is 0 Å². The molecule has 1 amide bonds. The molecule has 0 aliphatic carbocycles. The Labute approximate surface area is 120 Å². The molecule has 0 saturated carbocycles. The topological polar surface area (TPSA) is 78.6 Å². The number of hydrogen-bond donors (Lipinski definition) is 3. The third-order valence-corrected chi connectivity index (χ3v) is 3.10. The van der Waals surface area contributed by atoms with E-state index in [2.05, 4.69) is 5.32 Å². The standard InChI is InChI=1S/C15H25N3O2/c1-12(19)6-8-18(2)9-7-15(20)17-14-5-3-4-13(10-14)11-16/h3-5,10,12,19H,6-9,11,16H2,1-2H3,(H,17,20). The summed E-state index contributed by atoms with van der Waals surface area (Å²) < 4.78 is 0. The van der Waals surface area contributed by atoms with Gasteiger partial charge in [-0.05, 0) is 38.1 Å². The number of carbonyl (C=O) groups is 1. The third kappa shape index (κ3) is 6.65. The van der Waals surface area contributed by atoms with Crippen LogP contribution in [-0.2, 0) is 11.3 Å². The van der Waals surface area contributed by atoms with Crippen molar-refractivity contribution in [3.05, 3.63) is 29.8 Å². The van der Waals surface area contributed by atoms with Crippen LogP contribution in [-0.4, -0.2) is 42.2 Å². The normalized spacial score (nSPS) is 12.4. The summed E-state index contributed by atoms with van der Waals surface area (Å²) in [6.07, 6.45) is 0.852. The highest BCUT2D eigenvalue weighted by atomic mass is 16.3. The van der Waals surface area contributed by atoms with Crippen LogP contribution < -0.4 is 11.1 Å². The van der Waals surface area contributed by atoms with Crippen molar-refractivity contribution in [2.45, 2.75) is 32.4 Å². The summed E-state index contributed by atoms with van der Waals surface area (Å²) >= 11 is 0. The second-order valence-electron chi connectivity index (χ2n) is 5.14. The van der Waals surface area contributed by atoms with Crippen LogP contribution in [0.15, 0.2) is 24.3 Å². The van der Waals surface area contributed by atoms with Crippen molar-refractivity contribution in [1.29, 1.82) is 0 Å². The van der Waals surface area contributed by atoms with E-state index in [-0.39, 0.29) is 12.0 Å². The first-order valence-corrected chi connectivity index (χ1v) is 6.96. The third-order valence-electron chi connectivity index (χ3n) is 3.10. The van der Waals surface area contributed by atoms with Crippen LogP contribution in [0.1, 0.15) is 25.3 Å². The summed E-state index contributed by atoms with van der Waals surface area (Å²) in [6.45, 7) is 3.69. The van der Waals surface area contributed by atoms with Crippen LogP contribution in [0.5, 0.6) is 0 Å². The van der Waals surface area contributed by atoms with E-state index in [0.717, 1.165) is 24.2 Å². The zero-order valence-electron chi connectivity index (χ0n) is 12.3. The number of hydrogen-bond acceptors (Lipinski definition) is 4. The number of rotatable bonds is 8. The van der Waals surface area contributed by atoms with Crippen molar-refractivity contribution < 1.29 is 9.90 Å². The van der Waals surface area contributed by atoms with Gasteiger partial charge in [-0.3, -0.25) is 4.79 Å². The lowest BCUT2D eigenvalue weighted by atomic mass is 10.2. The molecule has 0 saturated heterocycles. The van der Waals surface area contributed by atoms with Gasteiger partial charge in [0.15, 0.2) is 0 Å². The number of anilines is 1. The average molecular weight is 279 g/mol. The van der Waals surface area contributed by atoms with E-state index in [0.29, 0.717) is 19.5 Å². The summed E-state index contributed by atoms with van der Waals surface area (Å²) in [5, 5.41) is 12.1. The summed E-state index contributed by atoms with van der Waals surface area (Å²) in [5.41, 5.74) is 7.34. The predicted molar refractivity (Wildman–Crippen MR) is 81.4 cm³/mol. The van der Waals surface area contributed by atoms with E-state index >= 15 is 0 Å². The second-order valence-corrected chi connectivity index (χ2v) is 5.14. The highest BCUT2D eigenvalue weighted by molar-refractivity contribution is 5.90. The summed E-state index contributed by atoms with van der Waals surface area (Å²) in [5.74, 6) is -0.0110. The Hall–Kier alpha value is -1.43. The lowest BCUT2D eigenvalue weighted by Crippen LogP contribution is -2.26. The first kappa shape index (κ1) is 16.6. The number of aliphatic hydroxyl groups excluding tert-OH is 1. The molecule has 0 aliphatic heterocycles. The largest absolute Gasteiger partial charge is 0.393 e. The maximum Gasteiger partial charge on any atom is 0.225 e. The van der Waals surface area contributed by atoms with Gasteiger partial charge >= 0.3 is 0 Å².